The SMILES string of the molecule is CCOc1cc(C(CS(C)(=O)=O)N2C(=O)c3cccc(NC(C)=O)c3C2=O)ccc1OC.CCOc1cc([C@@H](CS(C)(=O)=O)N2Cc3cccc(NC(=O)C4CC4)c3C2=O)ccc1OC. The molecule has 0 saturated heterocycles. The first-order valence-electron chi connectivity index (χ1n) is 20.8. The number of carbonyl (C=O) groups excluding carboxylic acids is 5. The molecule has 0 aromatic heterocycles. The molecule has 3 aliphatic rings. The predicted octanol–water partition coefficient (Wildman–Crippen LogP) is 5.62. The lowest BCUT2D eigenvalue weighted by Crippen LogP contribution is -2.37. The lowest BCUT2D eigenvalue weighted by atomic mass is 10.1. The van der Waals surface area contributed by atoms with Crippen molar-refractivity contribution in [1.82, 2.24) is 9.80 Å². The fourth-order valence-electron chi connectivity index (χ4n) is 7.80. The third kappa shape index (κ3) is 11.1. The fourth-order valence-corrected chi connectivity index (χ4v) is 9.66. The third-order valence-corrected chi connectivity index (χ3v) is 12.6. The average molecular weight is 933 g/mol. The Morgan fingerprint density at radius 1 is 0.677 bits per heavy atom. The number of benzene rings is 4. The van der Waals surface area contributed by atoms with E-state index in [0.29, 0.717) is 58.6 Å². The van der Waals surface area contributed by atoms with Gasteiger partial charge in [-0.05, 0) is 85.8 Å². The van der Waals surface area contributed by atoms with Crippen LogP contribution in [0.5, 0.6) is 23.0 Å². The Labute approximate surface area is 378 Å². The van der Waals surface area contributed by atoms with Crippen LogP contribution in [-0.4, -0.2) is 108 Å². The van der Waals surface area contributed by atoms with E-state index in [9.17, 15) is 40.8 Å². The second kappa shape index (κ2) is 19.7. The van der Waals surface area contributed by atoms with Gasteiger partial charge in [-0.3, -0.25) is 28.9 Å². The van der Waals surface area contributed by atoms with Crippen molar-refractivity contribution in [3.63, 3.8) is 0 Å². The molecule has 2 N–H and O–H groups in total. The molecule has 1 saturated carbocycles. The number of sulfone groups is 2. The molecule has 0 bridgehead atoms. The average Bonchev–Trinajstić information content (AvgIpc) is 4.00. The number of hydrogen-bond acceptors (Lipinski definition) is 13. The number of imide groups is 1. The Kier molecular flexibility index (Phi) is 14.6. The minimum Gasteiger partial charge on any atom is -0.493 e. The quantitative estimate of drug-likeness (QED) is 0.123. The topological polar surface area (TPSA) is 221 Å². The van der Waals surface area contributed by atoms with Crippen LogP contribution in [0.4, 0.5) is 11.4 Å². The number of methoxy groups -OCH3 is 2. The zero-order valence-electron chi connectivity index (χ0n) is 37.1. The molecule has 4 aromatic rings. The molecule has 2 aliphatic heterocycles. The van der Waals surface area contributed by atoms with E-state index in [1.165, 1.54) is 33.3 Å². The summed E-state index contributed by atoms with van der Waals surface area (Å²) >= 11 is 0. The van der Waals surface area contributed by atoms with Gasteiger partial charge >= 0.3 is 0 Å². The molecule has 1 aliphatic carbocycles. The Balaban J connectivity index is 0.000000216. The van der Waals surface area contributed by atoms with Crippen molar-refractivity contribution >= 4 is 60.6 Å². The van der Waals surface area contributed by atoms with Crippen molar-refractivity contribution in [2.45, 2.75) is 52.2 Å². The van der Waals surface area contributed by atoms with Gasteiger partial charge in [-0.15, -0.1) is 0 Å². The zero-order chi connectivity index (χ0) is 47.4. The van der Waals surface area contributed by atoms with E-state index in [4.69, 9.17) is 18.9 Å². The van der Waals surface area contributed by atoms with E-state index >= 15 is 0 Å². The second-order valence-electron chi connectivity index (χ2n) is 15.8. The highest BCUT2D eigenvalue weighted by atomic mass is 32.2. The summed E-state index contributed by atoms with van der Waals surface area (Å²) < 4.78 is 71.0. The highest BCUT2D eigenvalue weighted by Crippen LogP contribution is 2.41. The van der Waals surface area contributed by atoms with Crippen LogP contribution in [0.1, 0.15) is 93.5 Å². The Bertz CT molecular complexity index is 2750. The molecule has 17 nitrogen and oxygen atoms in total. The monoisotopic (exact) mass is 932 g/mol. The van der Waals surface area contributed by atoms with Gasteiger partial charge in [-0.25, -0.2) is 16.8 Å². The number of hydrogen-bond donors (Lipinski definition) is 2. The van der Waals surface area contributed by atoms with Crippen molar-refractivity contribution < 1.29 is 59.8 Å². The zero-order valence-corrected chi connectivity index (χ0v) is 38.8. The first-order chi connectivity index (χ1) is 30.8. The summed E-state index contributed by atoms with van der Waals surface area (Å²) in [6.07, 6.45) is 3.91. The summed E-state index contributed by atoms with van der Waals surface area (Å²) in [5, 5.41) is 5.43. The van der Waals surface area contributed by atoms with Crippen molar-refractivity contribution in [2.24, 2.45) is 5.92 Å². The Morgan fingerprint density at radius 2 is 1.20 bits per heavy atom. The predicted molar refractivity (Wildman–Crippen MR) is 242 cm³/mol. The summed E-state index contributed by atoms with van der Waals surface area (Å²) in [6.45, 7) is 5.92. The number of nitrogens with one attached hydrogen (secondary N) is 2. The molecule has 4 aromatic carbocycles. The van der Waals surface area contributed by atoms with E-state index < -0.39 is 55.2 Å². The fraction of sp³-hybridized carbons (Fsp3) is 0.370. The number of ether oxygens (including phenoxy) is 4. The van der Waals surface area contributed by atoms with Gasteiger partial charge in [0.25, 0.3) is 17.7 Å². The lowest BCUT2D eigenvalue weighted by Gasteiger charge is -2.28. The van der Waals surface area contributed by atoms with Crippen molar-refractivity contribution in [3.05, 3.63) is 106 Å². The van der Waals surface area contributed by atoms with Gasteiger partial charge in [-0.2, -0.15) is 0 Å². The number of rotatable bonds is 17. The van der Waals surface area contributed by atoms with Gasteiger partial charge < -0.3 is 34.5 Å². The maximum atomic E-state index is 13.5. The van der Waals surface area contributed by atoms with Crippen molar-refractivity contribution in [1.29, 1.82) is 0 Å². The summed E-state index contributed by atoms with van der Waals surface area (Å²) in [5.74, 6) is -1.03. The van der Waals surface area contributed by atoms with Crippen LogP contribution >= 0.6 is 0 Å². The van der Waals surface area contributed by atoms with Gasteiger partial charge in [0.15, 0.2) is 23.0 Å². The van der Waals surface area contributed by atoms with Crippen LogP contribution in [-0.2, 0) is 35.8 Å². The van der Waals surface area contributed by atoms with Crippen molar-refractivity contribution in [2.75, 3.05) is 62.1 Å². The molecule has 2 heterocycles. The van der Waals surface area contributed by atoms with Gasteiger partial charge in [0.2, 0.25) is 11.8 Å². The maximum absolute atomic E-state index is 13.5. The summed E-state index contributed by atoms with van der Waals surface area (Å²) in [7, 11) is -4.03. The normalized spacial score (nSPS) is 15.3. The molecule has 5 amide bonds. The van der Waals surface area contributed by atoms with E-state index in [-0.39, 0.29) is 46.8 Å². The molecule has 0 radical (unpaired) electrons. The van der Waals surface area contributed by atoms with E-state index in [0.717, 1.165) is 35.8 Å². The standard InChI is InChI=1S/C24H28N2O6S.C22H24N2O7S/c1-4-32-21-12-16(10-11-20(21)31-2)19(14-33(3,29)30)26-13-17-6-5-7-18(22(17)24(26)28)25-23(27)15-8-9-15;1-5-31-19-11-14(9-10-18(19)30-3)17(12-32(4,28)29)24-21(26)15-7-6-8-16(23-13(2)25)20(15)22(24)27/h5-7,10-12,15,19H,4,8-9,13-14H2,1-3H3,(H,25,27);6-11,17H,5,12H2,1-4H3,(H,23,25)/t19-;/m1./s1. The largest absolute Gasteiger partial charge is 0.493 e. The molecule has 346 valence electrons. The van der Waals surface area contributed by atoms with Crippen molar-refractivity contribution in [3.8, 4) is 23.0 Å². The van der Waals surface area contributed by atoms with Crippen LogP contribution in [0.25, 0.3) is 0 Å². The Hall–Kier alpha value is -6.47. The highest BCUT2D eigenvalue weighted by Gasteiger charge is 2.44. The number of amides is 5. The van der Waals surface area contributed by atoms with E-state index in [1.54, 1.807) is 66.4 Å². The molecular weight excluding hydrogens is 881 g/mol. The first kappa shape index (κ1) is 48.0. The smallest absolute Gasteiger partial charge is 0.264 e. The molecule has 1 fully saturated rings. The number of carbonyl (C=O) groups is 5. The van der Waals surface area contributed by atoms with Crippen LogP contribution in [0.3, 0.4) is 0 Å². The van der Waals surface area contributed by atoms with Gasteiger partial charge in [-0.1, -0.05) is 30.3 Å². The van der Waals surface area contributed by atoms with Crippen LogP contribution in [0, 0.1) is 5.92 Å². The van der Waals surface area contributed by atoms with Gasteiger partial charge in [0, 0.05) is 31.9 Å². The van der Waals surface area contributed by atoms with Gasteiger partial charge in [0.1, 0.15) is 19.7 Å². The Morgan fingerprint density at radius 3 is 1.71 bits per heavy atom. The van der Waals surface area contributed by atoms with Crippen LogP contribution in [0.2, 0.25) is 0 Å². The maximum Gasteiger partial charge on any atom is 0.264 e. The summed E-state index contributed by atoms with van der Waals surface area (Å²) in [4.78, 5) is 66.5. The van der Waals surface area contributed by atoms with E-state index in [2.05, 4.69) is 10.6 Å². The molecule has 65 heavy (non-hydrogen) atoms. The number of anilines is 2. The summed E-state index contributed by atoms with van der Waals surface area (Å²) in [6, 6.07) is 18.0. The second-order valence-corrected chi connectivity index (χ2v) is 20.2. The third-order valence-electron chi connectivity index (χ3n) is 10.8. The minimum atomic E-state index is -3.60. The number of fused-ring (bicyclic) bond motifs is 2. The molecular formula is C46H52N4O13S2. The summed E-state index contributed by atoms with van der Waals surface area (Å²) in [5.41, 5.74) is 3.00. The van der Waals surface area contributed by atoms with Crippen LogP contribution < -0.4 is 29.6 Å². The molecule has 0 spiro atoms. The molecule has 2 atom stereocenters. The highest BCUT2D eigenvalue weighted by molar-refractivity contribution is 7.90. The van der Waals surface area contributed by atoms with E-state index in [1.807, 2.05) is 13.0 Å². The minimum absolute atomic E-state index is 0.00253. The molecule has 19 heteroatoms. The van der Waals surface area contributed by atoms with Gasteiger partial charge in [0.05, 0.1) is 79.1 Å². The molecule has 1 unspecified atom stereocenters. The molecule has 7 rings (SSSR count). The number of nitrogens with zero attached hydrogens (tertiary/aromatic N) is 2. The first-order valence-corrected chi connectivity index (χ1v) is 24.9. The van der Waals surface area contributed by atoms with Crippen LogP contribution in [0.15, 0.2) is 72.8 Å². The lowest BCUT2D eigenvalue weighted by molar-refractivity contribution is -0.117.